The summed E-state index contributed by atoms with van der Waals surface area (Å²) in [6.07, 6.45) is 2.28. The average Bonchev–Trinajstić information content (AvgIpc) is 3.44. The molecule has 0 unspecified atom stereocenters. The van der Waals surface area contributed by atoms with Gasteiger partial charge in [0.1, 0.15) is 11.0 Å². The van der Waals surface area contributed by atoms with Gasteiger partial charge in [-0.25, -0.2) is 9.97 Å². The Balaban J connectivity index is 1.11. The third kappa shape index (κ3) is 6.98. The first-order valence-corrected chi connectivity index (χ1v) is 14.6. The molecule has 5 rings (SSSR count). The first kappa shape index (κ1) is 28.5. The molecule has 0 saturated carbocycles. The van der Waals surface area contributed by atoms with E-state index in [4.69, 9.17) is 35.5 Å². The van der Waals surface area contributed by atoms with E-state index in [1.807, 2.05) is 42.5 Å². The maximum Gasteiger partial charge on any atom is 0.251 e. The summed E-state index contributed by atoms with van der Waals surface area (Å²) in [6, 6.07) is 15.1. The molecule has 0 radical (unpaired) electrons. The number of aromatic nitrogens is 2. The molecule has 2 aromatic carbocycles. The van der Waals surface area contributed by atoms with Crippen molar-refractivity contribution in [3.8, 4) is 11.5 Å². The average molecular weight is 585 g/mol. The number of rotatable bonds is 10. The second kappa shape index (κ2) is 13.1. The standard InChI is InChI=1S/C29H33ClN4O5S/c1-36-23-8-5-20(17-24(23)37-2)9-12-31-27(35)22-6-3-21(4-7-22)19-40-28-32-25(30)18-26(33-28)34-13-10-29(11-14-34)38-15-16-39-29/h3-8,17-18H,9-16,19H2,1-2H3,(H,31,35). The summed E-state index contributed by atoms with van der Waals surface area (Å²) in [5.74, 6) is 2.29. The highest BCUT2D eigenvalue weighted by molar-refractivity contribution is 7.98. The van der Waals surface area contributed by atoms with Crippen LogP contribution in [0.3, 0.4) is 0 Å². The summed E-state index contributed by atoms with van der Waals surface area (Å²) >= 11 is 7.85. The summed E-state index contributed by atoms with van der Waals surface area (Å²) in [6.45, 7) is 3.40. The first-order chi connectivity index (χ1) is 19.5. The Morgan fingerprint density at radius 3 is 2.40 bits per heavy atom. The molecule has 2 aliphatic rings. The van der Waals surface area contributed by atoms with Crippen molar-refractivity contribution >= 4 is 35.1 Å². The molecule has 3 heterocycles. The maximum atomic E-state index is 12.6. The van der Waals surface area contributed by atoms with Crippen molar-refractivity contribution in [2.45, 2.75) is 36.0 Å². The highest BCUT2D eigenvalue weighted by atomic mass is 35.5. The molecule has 2 saturated heterocycles. The molecule has 3 aromatic rings. The van der Waals surface area contributed by atoms with Crippen LogP contribution in [-0.2, 0) is 21.6 Å². The predicted octanol–water partition coefficient (Wildman–Crippen LogP) is 4.76. The van der Waals surface area contributed by atoms with Crippen LogP contribution in [0, 0.1) is 0 Å². The van der Waals surface area contributed by atoms with Gasteiger partial charge in [0, 0.05) is 49.9 Å². The zero-order valence-corrected chi connectivity index (χ0v) is 24.2. The topological polar surface area (TPSA) is 95.0 Å². The molecular formula is C29H33ClN4O5S. The molecule has 2 fully saturated rings. The van der Waals surface area contributed by atoms with E-state index < -0.39 is 5.79 Å². The summed E-state index contributed by atoms with van der Waals surface area (Å²) in [4.78, 5) is 24.0. The molecule has 2 aliphatic heterocycles. The van der Waals surface area contributed by atoms with Crippen LogP contribution in [-0.4, -0.2) is 68.7 Å². The number of benzene rings is 2. The molecule has 11 heteroatoms. The van der Waals surface area contributed by atoms with E-state index in [2.05, 4.69) is 15.2 Å². The van der Waals surface area contributed by atoms with Crippen molar-refractivity contribution in [1.82, 2.24) is 15.3 Å². The van der Waals surface area contributed by atoms with Crippen LogP contribution in [0.1, 0.15) is 34.3 Å². The van der Waals surface area contributed by atoms with Gasteiger partial charge in [-0.3, -0.25) is 4.79 Å². The normalized spacial score (nSPS) is 16.2. The summed E-state index contributed by atoms with van der Waals surface area (Å²) in [5.41, 5.74) is 2.73. The maximum absolute atomic E-state index is 12.6. The number of nitrogens with zero attached hydrogens (tertiary/aromatic N) is 3. The third-order valence-corrected chi connectivity index (χ3v) is 8.17. The van der Waals surface area contributed by atoms with Crippen LogP contribution in [0.5, 0.6) is 11.5 Å². The van der Waals surface area contributed by atoms with Gasteiger partial charge in [0.15, 0.2) is 22.4 Å². The molecule has 1 spiro atoms. The lowest BCUT2D eigenvalue weighted by molar-refractivity contribution is -0.169. The number of methoxy groups -OCH3 is 2. The number of hydrogen-bond acceptors (Lipinski definition) is 9. The van der Waals surface area contributed by atoms with Crippen LogP contribution in [0.25, 0.3) is 0 Å². The summed E-state index contributed by atoms with van der Waals surface area (Å²) < 4.78 is 22.3. The monoisotopic (exact) mass is 584 g/mol. The lowest BCUT2D eigenvalue weighted by Crippen LogP contribution is -2.45. The molecule has 1 N–H and O–H groups in total. The third-order valence-electron chi connectivity index (χ3n) is 7.05. The zero-order valence-electron chi connectivity index (χ0n) is 22.7. The zero-order chi connectivity index (χ0) is 28.0. The van der Waals surface area contributed by atoms with E-state index in [9.17, 15) is 4.79 Å². The highest BCUT2D eigenvalue weighted by Gasteiger charge is 2.40. The number of carbonyl (C=O) groups excluding carboxylic acids is 1. The minimum absolute atomic E-state index is 0.112. The number of ether oxygens (including phenoxy) is 4. The quantitative estimate of drug-likeness (QED) is 0.206. The molecular weight excluding hydrogens is 552 g/mol. The minimum Gasteiger partial charge on any atom is -0.493 e. The van der Waals surface area contributed by atoms with Crippen molar-refractivity contribution < 1.29 is 23.7 Å². The number of carbonyl (C=O) groups is 1. The number of anilines is 1. The Labute approximate surface area is 243 Å². The van der Waals surface area contributed by atoms with Gasteiger partial charge >= 0.3 is 0 Å². The van der Waals surface area contributed by atoms with Crippen LogP contribution >= 0.6 is 23.4 Å². The second-order valence-corrected chi connectivity index (χ2v) is 10.9. The van der Waals surface area contributed by atoms with Gasteiger partial charge in [0.2, 0.25) is 0 Å². The molecule has 1 amide bonds. The van der Waals surface area contributed by atoms with E-state index in [1.165, 1.54) is 11.8 Å². The Morgan fingerprint density at radius 2 is 1.70 bits per heavy atom. The van der Waals surface area contributed by atoms with Gasteiger partial charge in [0.25, 0.3) is 5.91 Å². The molecule has 9 nitrogen and oxygen atoms in total. The number of amides is 1. The molecule has 0 bridgehead atoms. The van der Waals surface area contributed by atoms with Crippen molar-refractivity contribution in [2.24, 2.45) is 0 Å². The summed E-state index contributed by atoms with van der Waals surface area (Å²) in [5, 5.41) is 4.02. The molecule has 0 atom stereocenters. The van der Waals surface area contributed by atoms with E-state index in [0.29, 0.717) is 59.3 Å². The fraction of sp³-hybridized carbons (Fsp3) is 0.414. The molecule has 1 aromatic heterocycles. The minimum atomic E-state index is -0.432. The van der Waals surface area contributed by atoms with Crippen molar-refractivity contribution in [2.75, 3.05) is 52.0 Å². The smallest absolute Gasteiger partial charge is 0.251 e. The van der Waals surface area contributed by atoms with E-state index in [0.717, 1.165) is 42.9 Å². The predicted molar refractivity (Wildman–Crippen MR) is 155 cm³/mol. The molecule has 40 heavy (non-hydrogen) atoms. The van der Waals surface area contributed by atoms with Gasteiger partial charge in [-0.05, 0) is 41.8 Å². The largest absolute Gasteiger partial charge is 0.493 e. The lowest BCUT2D eigenvalue weighted by atomic mass is 10.0. The first-order valence-electron chi connectivity index (χ1n) is 13.3. The van der Waals surface area contributed by atoms with Gasteiger partial charge in [0.05, 0.1) is 27.4 Å². The highest BCUT2D eigenvalue weighted by Crippen LogP contribution is 2.34. The van der Waals surface area contributed by atoms with E-state index in [-0.39, 0.29) is 5.91 Å². The van der Waals surface area contributed by atoms with Gasteiger partial charge in [-0.2, -0.15) is 0 Å². The van der Waals surface area contributed by atoms with E-state index >= 15 is 0 Å². The fourth-order valence-corrected chi connectivity index (χ4v) is 5.87. The Bertz CT molecular complexity index is 1310. The van der Waals surface area contributed by atoms with Gasteiger partial charge in [-0.1, -0.05) is 41.6 Å². The number of nitrogens with one attached hydrogen (secondary N) is 1. The van der Waals surface area contributed by atoms with Crippen LogP contribution < -0.4 is 19.7 Å². The Morgan fingerprint density at radius 1 is 1.00 bits per heavy atom. The molecule has 0 aliphatic carbocycles. The fourth-order valence-electron chi connectivity index (χ4n) is 4.83. The number of piperidine rings is 1. The van der Waals surface area contributed by atoms with Crippen molar-refractivity contribution in [3.63, 3.8) is 0 Å². The summed E-state index contributed by atoms with van der Waals surface area (Å²) in [7, 11) is 3.22. The Hall–Kier alpha value is -3.05. The van der Waals surface area contributed by atoms with Crippen molar-refractivity contribution in [3.05, 3.63) is 70.4 Å². The van der Waals surface area contributed by atoms with Gasteiger partial charge in [-0.15, -0.1) is 0 Å². The van der Waals surface area contributed by atoms with Crippen LogP contribution in [0.15, 0.2) is 53.7 Å². The van der Waals surface area contributed by atoms with Crippen LogP contribution in [0.2, 0.25) is 5.15 Å². The molecule has 212 valence electrons. The number of halogens is 1. The number of hydrogen-bond donors (Lipinski definition) is 1. The lowest BCUT2D eigenvalue weighted by Gasteiger charge is -2.38. The number of thioether (sulfide) groups is 1. The Kier molecular flexibility index (Phi) is 9.31. The second-order valence-electron chi connectivity index (χ2n) is 9.61. The van der Waals surface area contributed by atoms with E-state index in [1.54, 1.807) is 20.3 Å². The van der Waals surface area contributed by atoms with Gasteiger partial charge < -0.3 is 29.2 Å². The SMILES string of the molecule is COc1ccc(CCNC(=O)c2ccc(CSc3nc(Cl)cc(N4CCC5(CC4)OCCO5)n3)cc2)cc1OC. The van der Waals surface area contributed by atoms with Crippen molar-refractivity contribution in [1.29, 1.82) is 0 Å². The van der Waals surface area contributed by atoms with Crippen LogP contribution in [0.4, 0.5) is 5.82 Å².